The van der Waals surface area contributed by atoms with E-state index in [1.807, 2.05) is 12.2 Å². The van der Waals surface area contributed by atoms with Gasteiger partial charge in [-0.25, -0.2) is 0 Å². The zero-order chi connectivity index (χ0) is 23.5. The molecule has 0 saturated carbocycles. The first-order valence-corrected chi connectivity index (χ1v) is 11.6. The molecule has 5 rings (SSSR count). The van der Waals surface area contributed by atoms with Crippen LogP contribution in [0.15, 0.2) is 84.4 Å². The van der Waals surface area contributed by atoms with Gasteiger partial charge in [-0.05, 0) is 58.4 Å². The Morgan fingerprint density at radius 3 is 1.85 bits per heavy atom. The minimum absolute atomic E-state index is 0.613. The summed E-state index contributed by atoms with van der Waals surface area (Å²) in [5.74, 6) is 0. The Kier molecular flexibility index (Phi) is 6.25. The maximum atomic E-state index is 12.7. The minimum atomic E-state index is -4.29. The molecule has 1 fully saturated rings. The van der Waals surface area contributed by atoms with Gasteiger partial charge in [0.1, 0.15) is 0 Å². The van der Waals surface area contributed by atoms with Gasteiger partial charge in [-0.1, -0.05) is 90.5 Å². The molecule has 0 unspecified atom stereocenters. The van der Waals surface area contributed by atoms with Crippen molar-refractivity contribution in [2.24, 2.45) is 0 Å². The summed E-state index contributed by atoms with van der Waals surface area (Å²) in [5, 5.41) is 0. The Morgan fingerprint density at radius 1 is 0.735 bits per heavy atom. The summed E-state index contributed by atoms with van der Waals surface area (Å²) >= 11 is 0. The van der Waals surface area contributed by atoms with Crippen LogP contribution in [0, 0.1) is 0 Å². The molecule has 0 radical (unpaired) electrons. The lowest BCUT2D eigenvalue weighted by Gasteiger charge is -2.29. The van der Waals surface area contributed by atoms with Crippen LogP contribution in [0.5, 0.6) is 0 Å². The molecule has 0 spiro atoms. The zero-order valence-electron chi connectivity index (χ0n) is 18.9. The van der Waals surface area contributed by atoms with E-state index in [0.29, 0.717) is 0 Å². The average molecular weight is 458 g/mol. The summed E-state index contributed by atoms with van der Waals surface area (Å²) in [7, 11) is 0. The van der Waals surface area contributed by atoms with Gasteiger partial charge < -0.3 is 0 Å². The van der Waals surface area contributed by atoms with Crippen molar-refractivity contribution in [2.75, 3.05) is 19.6 Å². The molecule has 1 nitrogen and oxygen atoms in total. The summed E-state index contributed by atoms with van der Waals surface area (Å²) in [4.78, 5) is 2.40. The third kappa shape index (κ3) is 4.78. The standard InChI is InChI=1S/C30H26F3N/c31-30(32,33)26-15-11-22(12-16-26)6-5-19-34-20-17-25(18-21-34)29-27-9-3-1-7-23(27)13-14-24-8-2-4-10-28(24)29/h1-16H,17-21H2/b6-5+. The van der Waals surface area contributed by atoms with Gasteiger partial charge in [-0.3, -0.25) is 4.90 Å². The molecule has 1 aliphatic carbocycles. The predicted octanol–water partition coefficient (Wildman–Crippen LogP) is 7.80. The van der Waals surface area contributed by atoms with Gasteiger partial charge in [0.15, 0.2) is 0 Å². The highest BCUT2D eigenvalue weighted by atomic mass is 19.4. The van der Waals surface area contributed by atoms with Crippen molar-refractivity contribution in [1.82, 2.24) is 4.90 Å². The third-order valence-corrected chi connectivity index (χ3v) is 6.63. The van der Waals surface area contributed by atoms with Crippen molar-refractivity contribution in [2.45, 2.75) is 19.0 Å². The molecule has 0 amide bonds. The van der Waals surface area contributed by atoms with Crippen LogP contribution in [0.4, 0.5) is 13.2 Å². The quantitative estimate of drug-likeness (QED) is 0.303. The normalized spacial score (nSPS) is 16.4. The van der Waals surface area contributed by atoms with E-state index in [4.69, 9.17) is 0 Å². The van der Waals surface area contributed by atoms with Crippen molar-refractivity contribution in [3.8, 4) is 0 Å². The molecule has 0 bridgehead atoms. The molecule has 3 aromatic rings. The summed E-state index contributed by atoms with van der Waals surface area (Å²) in [6.07, 6.45) is 6.08. The van der Waals surface area contributed by atoms with Gasteiger partial charge in [0.05, 0.1) is 5.56 Å². The number of hydrogen-bond acceptors (Lipinski definition) is 1. The Hall–Kier alpha value is -3.37. The number of piperidine rings is 1. The van der Waals surface area contributed by atoms with Crippen LogP contribution in [0.1, 0.15) is 46.2 Å². The second-order valence-electron chi connectivity index (χ2n) is 8.81. The van der Waals surface area contributed by atoms with Crippen molar-refractivity contribution in [3.05, 3.63) is 118 Å². The number of hydrogen-bond donors (Lipinski definition) is 0. The first kappa shape index (κ1) is 22.4. The topological polar surface area (TPSA) is 3.24 Å². The lowest BCUT2D eigenvalue weighted by atomic mass is 9.86. The molecule has 4 heteroatoms. The van der Waals surface area contributed by atoms with Gasteiger partial charge in [0.2, 0.25) is 0 Å². The van der Waals surface area contributed by atoms with Gasteiger partial charge >= 0.3 is 6.18 Å². The van der Waals surface area contributed by atoms with E-state index in [1.165, 1.54) is 45.5 Å². The SMILES string of the molecule is FC(F)(F)c1ccc(/C=C/CN2CCC(=C3c4ccccc4C=Cc4ccccc43)CC2)cc1. The number of nitrogens with zero attached hydrogens (tertiary/aromatic N) is 1. The van der Waals surface area contributed by atoms with E-state index >= 15 is 0 Å². The van der Waals surface area contributed by atoms with E-state index in [-0.39, 0.29) is 0 Å². The predicted molar refractivity (Wildman–Crippen MR) is 134 cm³/mol. The first-order chi connectivity index (χ1) is 16.5. The number of halogens is 3. The van der Waals surface area contributed by atoms with Crippen LogP contribution in [-0.4, -0.2) is 24.5 Å². The maximum Gasteiger partial charge on any atom is 0.416 e. The van der Waals surface area contributed by atoms with Gasteiger partial charge in [0, 0.05) is 19.6 Å². The molecule has 1 saturated heterocycles. The number of benzene rings is 3. The Bertz CT molecular complexity index is 1200. The van der Waals surface area contributed by atoms with Crippen LogP contribution in [0.3, 0.4) is 0 Å². The molecule has 2 aliphatic rings. The fourth-order valence-corrected chi connectivity index (χ4v) is 4.82. The van der Waals surface area contributed by atoms with E-state index in [9.17, 15) is 13.2 Å². The third-order valence-electron chi connectivity index (χ3n) is 6.63. The van der Waals surface area contributed by atoms with Gasteiger partial charge in [-0.2, -0.15) is 13.2 Å². The summed E-state index contributed by atoms with van der Waals surface area (Å²) in [6.45, 7) is 2.72. The first-order valence-electron chi connectivity index (χ1n) is 11.6. The minimum Gasteiger partial charge on any atom is -0.299 e. The van der Waals surface area contributed by atoms with Crippen molar-refractivity contribution in [1.29, 1.82) is 0 Å². The highest BCUT2D eigenvalue weighted by molar-refractivity contribution is 5.94. The molecule has 0 N–H and O–H groups in total. The molecule has 172 valence electrons. The molecule has 0 atom stereocenters. The summed E-state index contributed by atoms with van der Waals surface area (Å²) in [5.41, 5.74) is 8.14. The van der Waals surface area contributed by atoms with Crippen molar-refractivity contribution >= 4 is 23.8 Å². The lowest BCUT2D eigenvalue weighted by Crippen LogP contribution is -2.31. The largest absolute Gasteiger partial charge is 0.416 e. The number of fused-ring (bicyclic) bond motifs is 2. The van der Waals surface area contributed by atoms with Crippen molar-refractivity contribution in [3.63, 3.8) is 0 Å². The lowest BCUT2D eigenvalue weighted by molar-refractivity contribution is -0.137. The fourth-order valence-electron chi connectivity index (χ4n) is 4.82. The van der Waals surface area contributed by atoms with Crippen LogP contribution < -0.4 is 0 Å². The van der Waals surface area contributed by atoms with E-state index < -0.39 is 11.7 Å². The van der Waals surface area contributed by atoms with Crippen molar-refractivity contribution < 1.29 is 13.2 Å². The molecule has 1 aliphatic heterocycles. The highest BCUT2D eigenvalue weighted by Gasteiger charge is 2.29. The second-order valence-corrected chi connectivity index (χ2v) is 8.81. The summed E-state index contributed by atoms with van der Waals surface area (Å²) in [6, 6.07) is 22.5. The van der Waals surface area contributed by atoms with E-state index in [0.717, 1.165) is 50.2 Å². The zero-order valence-corrected chi connectivity index (χ0v) is 18.9. The monoisotopic (exact) mass is 457 g/mol. The molecular weight excluding hydrogens is 431 g/mol. The van der Waals surface area contributed by atoms with E-state index in [1.54, 1.807) is 0 Å². The molecule has 1 heterocycles. The maximum absolute atomic E-state index is 12.7. The Balaban J connectivity index is 1.30. The Labute approximate surface area is 198 Å². The molecule has 0 aromatic heterocycles. The molecule has 34 heavy (non-hydrogen) atoms. The highest BCUT2D eigenvalue weighted by Crippen LogP contribution is 2.38. The second kappa shape index (κ2) is 9.47. The van der Waals surface area contributed by atoms with Gasteiger partial charge in [0.25, 0.3) is 0 Å². The van der Waals surface area contributed by atoms with Crippen LogP contribution in [0.2, 0.25) is 0 Å². The smallest absolute Gasteiger partial charge is 0.299 e. The van der Waals surface area contributed by atoms with Crippen LogP contribution in [-0.2, 0) is 6.18 Å². The molecular formula is C30H26F3N. The summed E-state index contributed by atoms with van der Waals surface area (Å²) < 4.78 is 38.2. The number of likely N-dealkylation sites (tertiary alicyclic amines) is 1. The number of rotatable bonds is 3. The van der Waals surface area contributed by atoms with Gasteiger partial charge in [-0.15, -0.1) is 0 Å². The van der Waals surface area contributed by atoms with Crippen LogP contribution in [0.25, 0.3) is 23.8 Å². The van der Waals surface area contributed by atoms with E-state index in [2.05, 4.69) is 65.6 Å². The fraction of sp³-hybridized carbons (Fsp3) is 0.200. The molecule has 3 aromatic carbocycles. The average Bonchev–Trinajstić information content (AvgIpc) is 3.01. The Morgan fingerprint density at radius 2 is 1.29 bits per heavy atom. The van der Waals surface area contributed by atoms with Crippen LogP contribution >= 0.6 is 0 Å². The number of alkyl halides is 3.